The van der Waals surface area contributed by atoms with Crippen molar-refractivity contribution in [3.63, 3.8) is 0 Å². The molecule has 1 atom stereocenters. The number of ether oxygens (including phenoxy) is 2. The number of hydrogen-bond donors (Lipinski definition) is 1. The van der Waals surface area contributed by atoms with Gasteiger partial charge in [-0.25, -0.2) is 9.18 Å². The fraction of sp³-hybridized carbons (Fsp3) is 0.308. The number of carbonyl (C=O) groups is 1. The van der Waals surface area contributed by atoms with Crippen LogP contribution in [0.4, 0.5) is 22.0 Å². The summed E-state index contributed by atoms with van der Waals surface area (Å²) in [5.41, 5.74) is -1.82. The summed E-state index contributed by atoms with van der Waals surface area (Å²) in [5, 5.41) is 8.89. The van der Waals surface area contributed by atoms with Crippen LogP contribution in [0.25, 0.3) is 6.08 Å². The van der Waals surface area contributed by atoms with Crippen LogP contribution >= 0.6 is 0 Å². The van der Waals surface area contributed by atoms with Gasteiger partial charge >= 0.3 is 12.1 Å². The summed E-state index contributed by atoms with van der Waals surface area (Å²) in [6.07, 6.45) is -7.25. The maximum absolute atomic E-state index is 13.7. The molecule has 1 aliphatic heterocycles. The molecule has 1 N–H and O–H groups in total. The van der Waals surface area contributed by atoms with E-state index in [4.69, 9.17) is 5.11 Å². The predicted molar refractivity (Wildman–Crippen MR) is 63.7 cm³/mol. The van der Waals surface area contributed by atoms with E-state index in [1.54, 1.807) is 0 Å². The van der Waals surface area contributed by atoms with Gasteiger partial charge in [0.05, 0.1) is 12.7 Å². The molecule has 2 rings (SSSR count). The van der Waals surface area contributed by atoms with Crippen LogP contribution in [0.3, 0.4) is 0 Å². The van der Waals surface area contributed by atoms with Gasteiger partial charge in [-0.05, 0) is 18.6 Å². The van der Waals surface area contributed by atoms with Crippen molar-refractivity contribution in [2.24, 2.45) is 0 Å². The molecular formula is C13H9F5O4. The molecular weight excluding hydrogens is 315 g/mol. The zero-order valence-corrected chi connectivity index (χ0v) is 11.2. The van der Waals surface area contributed by atoms with E-state index >= 15 is 0 Å². The average Bonchev–Trinajstić information content (AvgIpc) is 2.43. The molecule has 0 fully saturated rings. The highest BCUT2D eigenvalue weighted by molar-refractivity contribution is 5.95. The zero-order chi connectivity index (χ0) is 16.8. The minimum atomic E-state index is -5.05. The molecule has 1 unspecified atom stereocenters. The molecule has 22 heavy (non-hydrogen) atoms. The van der Waals surface area contributed by atoms with Crippen molar-refractivity contribution < 1.29 is 41.3 Å². The number of halogens is 5. The lowest BCUT2D eigenvalue weighted by Crippen LogP contribution is -2.40. The number of benzene rings is 1. The first-order chi connectivity index (χ1) is 10.1. The maximum atomic E-state index is 13.7. The van der Waals surface area contributed by atoms with Gasteiger partial charge in [-0.15, -0.1) is 0 Å². The largest absolute Gasteiger partial charge is 0.490 e. The van der Waals surface area contributed by atoms with Crippen LogP contribution in [0.1, 0.15) is 11.1 Å². The van der Waals surface area contributed by atoms with Gasteiger partial charge in [0.15, 0.2) is 11.6 Å². The van der Waals surface area contributed by atoms with E-state index in [2.05, 4.69) is 9.47 Å². The highest BCUT2D eigenvalue weighted by atomic mass is 19.4. The minimum absolute atomic E-state index is 0.311. The van der Waals surface area contributed by atoms with E-state index in [-0.39, 0.29) is 11.1 Å². The Morgan fingerprint density at radius 1 is 1.32 bits per heavy atom. The van der Waals surface area contributed by atoms with E-state index < -0.39 is 47.0 Å². The second kappa shape index (κ2) is 5.15. The summed E-state index contributed by atoms with van der Waals surface area (Å²) in [4.78, 5) is 11.0. The van der Waals surface area contributed by atoms with Gasteiger partial charge in [0.2, 0.25) is 17.7 Å². The summed E-state index contributed by atoms with van der Waals surface area (Å²) < 4.78 is 75.4. The van der Waals surface area contributed by atoms with Crippen LogP contribution in [-0.4, -0.2) is 30.5 Å². The minimum Gasteiger partial charge on any atom is -0.490 e. The summed E-state index contributed by atoms with van der Waals surface area (Å²) in [6, 6.07) is 0. The number of rotatable bonds is 2. The summed E-state index contributed by atoms with van der Waals surface area (Å²) in [6.45, 7) is 1.09. The first kappa shape index (κ1) is 16.1. The Morgan fingerprint density at radius 3 is 2.36 bits per heavy atom. The van der Waals surface area contributed by atoms with E-state index in [0.29, 0.717) is 6.08 Å². The molecule has 120 valence electrons. The second-order valence-electron chi connectivity index (χ2n) is 4.47. The fourth-order valence-corrected chi connectivity index (χ4v) is 2.08. The molecule has 0 aromatic heterocycles. The topological polar surface area (TPSA) is 55.8 Å². The fourth-order valence-electron chi connectivity index (χ4n) is 2.08. The maximum Gasteiger partial charge on any atom is 0.430 e. The van der Waals surface area contributed by atoms with Crippen molar-refractivity contribution in [3.8, 4) is 11.5 Å². The molecule has 0 saturated heterocycles. The van der Waals surface area contributed by atoms with Crippen molar-refractivity contribution in [2.45, 2.75) is 19.2 Å². The van der Waals surface area contributed by atoms with Gasteiger partial charge in [-0.3, -0.25) is 0 Å². The van der Waals surface area contributed by atoms with Crippen LogP contribution in [-0.2, 0) is 4.79 Å². The molecule has 4 nitrogen and oxygen atoms in total. The van der Waals surface area contributed by atoms with E-state index in [0.717, 1.165) is 14.0 Å². The SMILES string of the molecule is COc1c(F)c(F)c(C)c2c1OC(C(F)(F)F)C(C(=O)O)=C2. The lowest BCUT2D eigenvalue weighted by Gasteiger charge is -2.29. The van der Waals surface area contributed by atoms with Crippen molar-refractivity contribution >= 4 is 12.0 Å². The van der Waals surface area contributed by atoms with Crippen LogP contribution < -0.4 is 9.47 Å². The highest BCUT2D eigenvalue weighted by Gasteiger charge is 2.49. The Hall–Kier alpha value is -2.32. The summed E-state index contributed by atoms with van der Waals surface area (Å²) in [5.74, 6) is -6.28. The second-order valence-corrected chi connectivity index (χ2v) is 4.47. The Labute approximate surface area is 120 Å². The molecule has 0 saturated carbocycles. The number of fused-ring (bicyclic) bond motifs is 1. The molecule has 1 aromatic rings. The van der Waals surface area contributed by atoms with Gasteiger partial charge in [0, 0.05) is 5.56 Å². The first-order valence-electron chi connectivity index (χ1n) is 5.83. The van der Waals surface area contributed by atoms with Crippen LogP contribution in [0, 0.1) is 18.6 Å². The molecule has 9 heteroatoms. The molecule has 0 spiro atoms. The smallest absolute Gasteiger partial charge is 0.430 e. The van der Waals surface area contributed by atoms with Gasteiger partial charge in [0.1, 0.15) is 0 Å². The summed E-state index contributed by atoms with van der Waals surface area (Å²) >= 11 is 0. The number of carboxylic acids is 1. The molecule has 0 radical (unpaired) electrons. The quantitative estimate of drug-likeness (QED) is 0.850. The number of carboxylic acid groups (broad SMARTS) is 1. The molecule has 0 aliphatic carbocycles. The molecule has 0 bridgehead atoms. The lowest BCUT2D eigenvalue weighted by molar-refractivity contribution is -0.187. The molecule has 0 amide bonds. The van der Waals surface area contributed by atoms with Gasteiger partial charge < -0.3 is 14.6 Å². The van der Waals surface area contributed by atoms with E-state index in [9.17, 15) is 26.7 Å². The monoisotopic (exact) mass is 324 g/mol. The molecule has 1 aliphatic rings. The predicted octanol–water partition coefficient (Wildman–Crippen LogP) is 3.07. The number of hydrogen-bond acceptors (Lipinski definition) is 3. The van der Waals surface area contributed by atoms with Crippen molar-refractivity contribution in [1.29, 1.82) is 0 Å². The van der Waals surface area contributed by atoms with E-state index in [1.165, 1.54) is 0 Å². The number of methoxy groups -OCH3 is 1. The third-order valence-corrected chi connectivity index (χ3v) is 3.14. The van der Waals surface area contributed by atoms with Gasteiger partial charge in [0.25, 0.3) is 0 Å². The Kier molecular flexibility index (Phi) is 3.76. The van der Waals surface area contributed by atoms with Crippen molar-refractivity contribution in [3.05, 3.63) is 28.3 Å². The molecule has 1 aromatic carbocycles. The molecule has 1 heterocycles. The number of alkyl halides is 3. The highest BCUT2D eigenvalue weighted by Crippen LogP contribution is 2.45. The van der Waals surface area contributed by atoms with Gasteiger partial charge in [-0.2, -0.15) is 17.6 Å². The van der Waals surface area contributed by atoms with Gasteiger partial charge in [-0.1, -0.05) is 0 Å². The summed E-state index contributed by atoms with van der Waals surface area (Å²) in [7, 11) is 0.926. The third kappa shape index (κ3) is 2.36. The Bertz CT molecular complexity index is 678. The van der Waals surface area contributed by atoms with Crippen molar-refractivity contribution in [2.75, 3.05) is 7.11 Å². The normalized spacial score (nSPS) is 17.4. The van der Waals surface area contributed by atoms with Crippen LogP contribution in [0.15, 0.2) is 5.57 Å². The number of aliphatic carboxylic acids is 1. The van der Waals surface area contributed by atoms with Crippen molar-refractivity contribution in [1.82, 2.24) is 0 Å². The third-order valence-electron chi connectivity index (χ3n) is 3.14. The van der Waals surface area contributed by atoms with Crippen LogP contribution in [0.5, 0.6) is 11.5 Å². The average molecular weight is 324 g/mol. The Balaban J connectivity index is 2.78. The van der Waals surface area contributed by atoms with Crippen LogP contribution in [0.2, 0.25) is 0 Å². The standard InChI is InChI=1S/C13H9F5O4/c1-4-5-3-6(12(19)20)11(13(16,17)18)22-9(5)10(21-2)8(15)7(4)14/h3,11H,1-2H3,(H,19,20). The first-order valence-corrected chi connectivity index (χ1v) is 5.83. The lowest BCUT2D eigenvalue weighted by atomic mass is 9.97. The zero-order valence-electron chi connectivity index (χ0n) is 11.2. The van der Waals surface area contributed by atoms with E-state index in [1.807, 2.05) is 0 Å². The Morgan fingerprint density at radius 2 is 1.91 bits per heavy atom.